The van der Waals surface area contributed by atoms with Gasteiger partial charge in [0.25, 0.3) is 0 Å². The van der Waals surface area contributed by atoms with Crippen molar-refractivity contribution in [3.05, 3.63) is 108 Å². The molecule has 3 aromatic rings. The molecule has 4 rings (SSSR count). The molecule has 3 aromatic carbocycles. The van der Waals surface area contributed by atoms with Gasteiger partial charge in [0.05, 0.1) is 12.1 Å². The van der Waals surface area contributed by atoms with Gasteiger partial charge < -0.3 is 0 Å². The standard InChI is InChI=1S/C25H28N2/c1-26-19-23(18-20-12-6-3-7-13-20)27(2)25(22-16-10-5-11-17-22)24(26)21-14-8-4-9-15-21/h3-17,23-25H,18-19H2,1-2H3. The molecule has 138 valence electrons. The Balaban J connectivity index is 1.70. The minimum Gasteiger partial charge on any atom is -0.296 e. The van der Waals surface area contributed by atoms with Gasteiger partial charge in [-0.25, -0.2) is 0 Å². The first-order chi connectivity index (χ1) is 13.2. The van der Waals surface area contributed by atoms with Crippen LogP contribution in [0.4, 0.5) is 0 Å². The monoisotopic (exact) mass is 356 g/mol. The fourth-order valence-corrected chi connectivity index (χ4v) is 4.52. The molecule has 1 aliphatic heterocycles. The topological polar surface area (TPSA) is 6.48 Å². The zero-order valence-electron chi connectivity index (χ0n) is 16.2. The molecule has 1 aliphatic rings. The predicted molar refractivity (Wildman–Crippen MR) is 113 cm³/mol. The molecule has 1 heterocycles. The number of likely N-dealkylation sites (N-methyl/N-ethyl adjacent to an activating group) is 2. The van der Waals surface area contributed by atoms with Crippen LogP contribution < -0.4 is 0 Å². The van der Waals surface area contributed by atoms with E-state index in [9.17, 15) is 0 Å². The number of hydrogen-bond acceptors (Lipinski definition) is 2. The SMILES string of the molecule is CN1CC(Cc2ccccc2)N(C)C(c2ccccc2)C1c1ccccc1. The molecule has 0 aromatic heterocycles. The van der Waals surface area contributed by atoms with Crippen LogP contribution in [0.3, 0.4) is 0 Å². The van der Waals surface area contributed by atoms with Crippen LogP contribution in [0.15, 0.2) is 91.0 Å². The summed E-state index contributed by atoms with van der Waals surface area (Å²) >= 11 is 0. The van der Waals surface area contributed by atoms with Gasteiger partial charge in [0.2, 0.25) is 0 Å². The average Bonchev–Trinajstić information content (AvgIpc) is 2.72. The van der Waals surface area contributed by atoms with Crippen molar-refractivity contribution in [3.8, 4) is 0 Å². The molecule has 3 atom stereocenters. The number of rotatable bonds is 4. The molecular weight excluding hydrogens is 328 g/mol. The van der Waals surface area contributed by atoms with Crippen LogP contribution in [0.1, 0.15) is 28.8 Å². The lowest BCUT2D eigenvalue weighted by Crippen LogP contribution is -2.54. The van der Waals surface area contributed by atoms with Crippen molar-refractivity contribution in [2.24, 2.45) is 0 Å². The van der Waals surface area contributed by atoms with E-state index in [0.717, 1.165) is 13.0 Å². The summed E-state index contributed by atoms with van der Waals surface area (Å²) < 4.78 is 0. The molecular formula is C25H28N2. The molecule has 0 amide bonds. The van der Waals surface area contributed by atoms with Gasteiger partial charge in [0.1, 0.15) is 0 Å². The molecule has 0 aliphatic carbocycles. The molecule has 2 heteroatoms. The van der Waals surface area contributed by atoms with Crippen LogP contribution in [0.5, 0.6) is 0 Å². The van der Waals surface area contributed by atoms with Gasteiger partial charge >= 0.3 is 0 Å². The fourth-order valence-electron chi connectivity index (χ4n) is 4.52. The third kappa shape index (κ3) is 3.83. The van der Waals surface area contributed by atoms with Crippen molar-refractivity contribution in [3.63, 3.8) is 0 Å². The Kier molecular flexibility index (Phi) is 5.38. The summed E-state index contributed by atoms with van der Waals surface area (Å²) in [5, 5.41) is 0. The van der Waals surface area contributed by atoms with Crippen LogP contribution in [-0.2, 0) is 6.42 Å². The van der Waals surface area contributed by atoms with E-state index in [1.54, 1.807) is 0 Å². The van der Waals surface area contributed by atoms with Crippen molar-refractivity contribution in [1.82, 2.24) is 9.80 Å². The predicted octanol–water partition coefficient (Wildman–Crippen LogP) is 4.96. The van der Waals surface area contributed by atoms with Crippen LogP contribution in [0.25, 0.3) is 0 Å². The van der Waals surface area contributed by atoms with Crippen molar-refractivity contribution < 1.29 is 0 Å². The normalized spacial score (nSPS) is 24.0. The minimum atomic E-state index is 0.334. The summed E-state index contributed by atoms with van der Waals surface area (Å²) in [4.78, 5) is 5.14. The number of benzene rings is 3. The Morgan fingerprint density at radius 2 is 1.15 bits per heavy atom. The quantitative estimate of drug-likeness (QED) is 0.652. The van der Waals surface area contributed by atoms with Gasteiger partial charge in [-0.05, 0) is 37.2 Å². The highest BCUT2D eigenvalue weighted by Gasteiger charge is 2.39. The van der Waals surface area contributed by atoms with E-state index in [0.29, 0.717) is 18.1 Å². The third-order valence-electron chi connectivity index (χ3n) is 5.88. The molecule has 2 nitrogen and oxygen atoms in total. The second-order valence-corrected chi connectivity index (χ2v) is 7.66. The van der Waals surface area contributed by atoms with Gasteiger partial charge in [-0.3, -0.25) is 9.80 Å². The number of piperazine rings is 1. The lowest BCUT2D eigenvalue weighted by atomic mass is 9.86. The number of hydrogen-bond donors (Lipinski definition) is 0. The Labute approximate surface area is 163 Å². The molecule has 0 saturated carbocycles. The van der Waals surface area contributed by atoms with Gasteiger partial charge in [-0.15, -0.1) is 0 Å². The second-order valence-electron chi connectivity index (χ2n) is 7.66. The van der Waals surface area contributed by atoms with E-state index >= 15 is 0 Å². The first-order valence-corrected chi connectivity index (χ1v) is 9.80. The molecule has 27 heavy (non-hydrogen) atoms. The van der Waals surface area contributed by atoms with Crippen molar-refractivity contribution >= 4 is 0 Å². The fraction of sp³-hybridized carbons (Fsp3) is 0.280. The van der Waals surface area contributed by atoms with E-state index in [2.05, 4.69) is 115 Å². The molecule has 0 radical (unpaired) electrons. The van der Waals surface area contributed by atoms with E-state index in [4.69, 9.17) is 0 Å². The highest BCUT2D eigenvalue weighted by atomic mass is 15.3. The third-order valence-corrected chi connectivity index (χ3v) is 5.88. The van der Waals surface area contributed by atoms with E-state index in [1.807, 2.05) is 0 Å². The summed E-state index contributed by atoms with van der Waals surface area (Å²) in [6.07, 6.45) is 1.08. The maximum absolute atomic E-state index is 2.60. The second kappa shape index (κ2) is 8.08. The van der Waals surface area contributed by atoms with Gasteiger partial charge in [-0.1, -0.05) is 91.0 Å². The molecule has 3 unspecified atom stereocenters. The van der Waals surface area contributed by atoms with E-state index in [1.165, 1.54) is 16.7 Å². The maximum atomic E-state index is 2.60. The minimum absolute atomic E-state index is 0.334. The summed E-state index contributed by atoms with van der Waals surface area (Å²) in [5.74, 6) is 0. The largest absolute Gasteiger partial charge is 0.296 e. The van der Waals surface area contributed by atoms with Crippen LogP contribution >= 0.6 is 0 Å². The zero-order chi connectivity index (χ0) is 18.6. The lowest BCUT2D eigenvalue weighted by Gasteiger charge is -2.50. The number of nitrogens with zero attached hydrogens (tertiary/aromatic N) is 2. The summed E-state index contributed by atoms with van der Waals surface area (Å²) in [7, 11) is 4.58. The van der Waals surface area contributed by atoms with Crippen LogP contribution in [0, 0.1) is 0 Å². The molecule has 0 spiro atoms. The van der Waals surface area contributed by atoms with Crippen molar-refractivity contribution in [1.29, 1.82) is 0 Å². The summed E-state index contributed by atoms with van der Waals surface area (Å²) in [5.41, 5.74) is 4.19. The van der Waals surface area contributed by atoms with Crippen LogP contribution in [0.2, 0.25) is 0 Å². The van der Waals surface area contributed by atoms with E-state index < -0.39 is 0 Å². The molecule has 1 saturated heterocycles. The van der Waals surface area contributed by atoms with Crippen molar-refractivity contribution in [2.75, 3.05) is 20.6 Å². The highest BCUT2D eigenvalue weighted by Crippen LogP contribution is 2.42. The Bertz CT molecular complexity index is 832. The van der Waals surface area contributed by atoms with Crippen molar-refractivity contribution in [2.45, 2.75) is 24.5 Å². The maximum Gasteiger partial charge on any atom is 0.0545 e. The Morgan fingerprint density at radius 3 is 1.70 bits per heavy atom. The van der Waals surface area contributed by atoms with Crippen LogP contribution in [-0.4, -0.2) is 36.5 Å². The summed E-state index contributed by atoms with van der Waals surface area (Å²) in [6.45, 7) is 1.06. The molecule has 0 N–H and O–H groups in total. The first-order valence-electron chi connectivity index (χ1n) is 9.80. The van der Waals surface area contributed by atoms with Gasteiger partial charge in [0.15, 0.2) is 0 Å². The highest BCUT2D eigenvalue weighted by molar-refractivity contribution is 5.29. The lowest BCUT2D eigenvalue weighted by molar-refractivity contribution is 0.00511. The summed E-state index contributed by atoms with van der Waals surface area (Å²) in [6, 6.07) is 34.0. The van der Waals surface area contributed by atoms with E-state index in [-0.39, 0.29) is 0 Å². The van der Waals surface area contributed by atoms with Gasteiger partial charge in [0, 0.05) is 12.6 Å². The first kappa shape index (κ1) is 18.0. The zero-order valence-corrected chi connectivity index (χ0v) is 16.2. The Hall–Kier alpha value is -2.42. The Morgan fingerprint density at radius 1 is 0.667 bits per heavy atom. The average molecular weight is 357 g/mol. The van der Waals surface area contributed by atoms with Gasteiger partial charge in [-0.2, -0.15) is 0 Å². The smallest absolute Gasteiger partial charge is 0.0545 e. The molecule has 1 fully saturated rings. The molecule has 0 bridgehead atoms.